The van der Waals surface area contributed by atoms with Crippen molar-refractivity contribution in [3.8, 4) is 0 Å². The molecule has 1 fully saturated rings. The number of esters is 1. The Morgan fingerprint density at radius 3 is 2.15 bits per heavy atom. The van der Waals surface area contributed by atoms with E-state index in [4.69, 9.17) is 14.2 Å². The van der Waals surface area contributed by atoms with Crippen LogP contribution in [0.3, 0.4) is 0 Å². The molecule has 2 heterocycles. The van der Waals surface area contributed by atoms with E-state index in [0.29, 0.717) is 30.6 Å². The standard InChI is InChI=1S/C40H47FN2O5/c1-26(2)36-35(38(45)42-30-16-12-9-13-17-30)34(27-14-10-8-11-15-27)37(28-18-20-29(41)21-19-28)43(36)23-22-31-24-32(47-40(6,7)46-31)25-33(44)48-39(3,4)5/h8-21,26,31-32,34H,22-25H2,1-7H3/p+1/t31-,32-,34?/m1/s1. The first-order chi connectivity index (χ1) is 22.7. The lowest BCUT2D eigenvalue weighted by Crippen LogP contribution is -2.46. The number of amides is 1. The lowest BCUT2D eigenvalue weighted by Gasteiger charge is -2.40. The average Bonchev–Trinajstić information content (AvgIpc) is 3.35. The zero-order valence-corrected chi connectivity index (χ0v) is 29.1. The highest BCUT2D eigenvalue weighted by molar-refractivity contribution is 6.15. The van der Waals surface area contributed by atoms with Crippen molar-refractivity contribution < 1.29 is 32.8 Å². The maximum absolute atomic E-state index is 14.4. The number of nitrogens with zero attached hydrogens (tertiary/aromatic N) is 1. The highest BCUT2D eigenvalue weighted by Crippen LogP contribution is 2.41. The highest BCUT2D eigenvalue weighted by atomic mass is 19.1. The van der Waals surface area contributed by atoms with Crippen molar-refractivity contribution in [2.45, 2.75) is 97.2 Å². The summed E-state index contributed by atoms with van der Waals surface area (Å²) in [5.41, 5.74) is 4.42. The molecule has 0 bridgehead atoms. The topological polar surface area (TPSA) is 76.9 Å². The first-order valence-electron chi connectivity index (χ1n) is 16.8. The Balaban J connectivity index is 1.55. The van der Waals surface area contributed by atoms with Gasteiger partial charge in [0.05, 0.1) is 18.6 Å². The molecule has 8 heteroatoms. The fourth-order valence-corrected chi connectivity index (χ4v) is 6.82. The second-order valence-electron chi connectivity index (χ2n) is 14.4. The van der Waals surface area contributed by atoms with Crippen LogP contribution in [0.2, 0.25) is 0 Å². The number of halogens is 1. The van der Waals surface area contributed by atoms with Crippen LogP contribution in [0, 0.1) is 11.7 Å². The maximum Gasteiger partial charge on any atom is 0.308 e. The quantitative estimate of drug-likeness (QED) is 0.177. The molecule has 0 radical (unpaired) electrons. The summed E-state index contributed by atoms with van der Waals surface area (Å²) in [7, 11) is 0. The van der Waals surface area contributed by atoms with E-state index >= 15 is 0 Å². The molecule has 0 aromatic heterocycles. The molecule has 1 saturated heterocycles. The van der Waals surface area contributed by atoms with Crippen LogP contribution in [-0.2, 0) is 23.8 Å². The van der Waals surface area contributed by atoms with Crippen LogP contribution < -0.4 is 5.32 Å². The van der Waals surface area contributed by atoms with Gasteiger partial charge in [0.2, 0.25) is 5.71 Å². The number of carbonyl (C=O) groups excluding carboxylic acids is 2. The van der Waals surface area contributed by atoms with Crippen molar-refractivity contribution in [2.75, 3.05) is 11.9 Å². The fourth-order valence-electron chi connectivity index (χ4n) is 6.82. The summed E-state index contributed by atoms with van der Waals surface area (Å²) >= 11 is 0. The number of benzene rings is 3. The van der Waals surface area contributed by atoms with Gasteiger partial charge in [-0.25, -0.2) is 4.39 Å². The molecule has 2 aliphatic heterocycles. The molecule has 7 nitrogen and oxygen atoms in total. The predicted octanol–water partition coefficient (Wildman–Crippen LogP) is 8.01. The molecule has 0 aliphatic carbocycles. The SMILES string of the molecule is CC(C)C1=C(C(=O)Nc2ccccc2)C(c2ccccc2)C(c2ccc(F)cc2)=[N+]1CC[C@@H]1C[C@H](CC(=O)OC(C)(C)C)OC(C)(C)O1. The van der Waals surface area contributed by atoms with Gasteiger partial charge in [0, 0.05) is 30.0 Å². The number of allylic oxidation sites excluding steroid dienone is 1. The van der Waals surface area contributed by atoms with Crippen molar-refractivity contribution in [2.24, 2.45) is 5.92 Å². The van der Waals surface area contributed by atoms with Gasteiger partial charge in [-0.1, -0.05) is 62.4 Å². The van der Waals surface area contributed by atoms with Crippen LogP contribution in [0.15, 0.2) is 96.2 Å². The Kier molecular flexibility index (Phi) is 10.7. The Labute approximate surface area is 283 Å². The van der Waals surface area contributed by atoms with Crippen LogP contribution >= 0.6 is 0 Å². The van der Waals surface area contributed by atoms with E-state index in [2.05, 4.69) is 23.7 Å². The van der Waals surface area contributed by atoms with Gasteiger partial charge in [-0.15, -0.1) is 0 Å². The number of anilines is 1. The Morgan fingerprint density at radius 2 is 1.54 bits per heavy atom. The summed E-state index contributed by atoms with van der Waals surface area (Å²) in [5, 5.41) is 3.14. The second kappa shape index (κ2) is 14.5. The van der Waals surface area contributed by atoms with Crippen molar-refractivity contribution in [3.63, 3.8) is 0 Å². The van der Waals surface area contributed by atoms with Crippen LogP contribution in [0.5, 0.6) is 0 Å². The molecule has 3 aromatic rings. The summed E-state index contributed by atoms with van der Waals surface area (Å²) in [6, 6.07) is 25.9. The van der Waals surface area contributed by atoms with E-state index in [1.165, 1.54) is 12.1 Å². The number of hydrogen-bond donors (Lipinski definition) is 1. The monoisotopic (exact) mass is 655 g/mol. The van der Waals surface area contributed by atoms with E-state index in [1.807, 2.05) is 95.3 Å². The van der Waals surface area contributed by atoms with Gasteiger partial charge < -0.3 is 19.5 Å². The summed E-state index contributed by atoms with van der Waals surface area (Å²) in [6.07, 6.45) is 0.674. The summed E-state index contributed by atoms with van der Waals surface area (Å²) in [4.78, 5) is 27.1. The van der Waals surface area contributed by atoms with Crippen molar-refractivity contribution in [1.29, 1.82) is 0 Å². The normalized spacial score (nSPS) is 21.1. The summed E-state index contributed by atoms with van der Waals surface area (Å²) in [6.45, 7) is 14.0. The van der Waals surface area contributed by atoms with E-state index in [0.717, 1.165) is 22.5 Å². The Hall–Kier alpha value is -4.14. The largest absolute Gasteiger partial charge is 0.460 e. The molecule has 5 rings (SSSR count). The van der Waals surface area contributed by atoms with Gasteiger partial charge in [0.15, 0.2) is 18.0 Å². The molecule has 0 saturated carbocycles. The van der Waals surface area contributed by atoms with Gasteiger partial charge in [0.1, 0.15) is 22.9 Å². The number of ether oxygens (including phenoxy) is 3. The fraction of sp³-hybridized carbons (Fsp3) is 0.425. The van der Waals surface area contributed by atoms with E-state index in [9.17, 15) is 14.0 Å². The maximum atomic E-state index is 14.4. The minimum absolute atomic E-state index is 0.0161. The first kappa shape index (κ1) is 35.2. The molecular weight excluding hydrogens is 607 g/mol. The molecule has 254 valence electrons. The predicted molar refractivity (Wildman–Crippen MR) is 185 cm³/mol. The smallest absolute Gasteiger partial charge is 0.308 e. The molecule has 2 aliphatic rings. The number of carbonyl (C=O) groups is 2. The third-order valence-electron chi connectivity index (χ3n) is 8.43. The average molecular weight is 656 g/mol. The van der Waals surface area contributed by atoms with Crippen LogP contribution in [-0.4, -0.2) is 52.3 Å². The number of nitrogens with one attached hydrogen (secondary N) is 1. The Morgan fingerprint density at radius 1 is 0.938 bits per heavy atom. The first-order valence-corrected chi connectivity index (χ1v) is 16.8. The zero-order chi connectivity index (χ0) is 34.6. The molecule has 1 N–H and O–H groups in total. The zero-order valence-electron chi connectivity index (χ0n) is 29.1. The number of rotatable bonds is 10. The van der Waals surface area contributed by atoms with E-state index in [-0.39, 0.29) is 42.2 Å². The lowest BCUT2D eigenvalue weighted by molar-refractivity contribution is -0.485. The second-order valence-corrected chi connectivity index (χ2v) is 14.4. The summed E-state index contributed by atoms with van der Waals surface area (Å²) < 4.78 is 34.7. The number of para-hydroxylation sites is 1. The van der Waals surface area contributed by atoms with Gasteiger partial charge in [-0.05, 0) is 76.6 Å². The molecule has 3 aromatic carbocycles. The minimum atomic E-state index is -0.895. The minimum Gasteiger partial charge on any atom is -0.460 e. The van der Waals surface area contributed by atoms with Crippen LogP contribution in [0.1, 0.15) is 84.8 Å². The third-order valence-corrected chi connectivity index (χ3v) is 8.43. The van der Waals surface area contributed by atoms with Crippen LogP contribution in [0.25, 0.3) is 0 Å². The van der Waals surface area contributed by atoms with Crippen molar-refractivity contribution in [3.05, 3.63) is 113 Å². The van der Waals surface area contributed by atoms with Gasteiger partial charge in [0.25, 0.3) is 5.91 Å². The molecular formula is C40H48FN2O5+. The highest BCUT2D eigenvalue weighted by Gasteiger charge is 2.48. The van der Waals surface area contributed by atoms with E-state index < -0.39 is 17.3 Å². The van der Waals surface area contributed by atoms with Crippen molar-refractivity contribution >= 4 is 23.3 Å². The molecule has 0 spiro atoms. The molecule has 1 amide bonds. The lowest BCUT2D eigenvalue weighted by atomic mass is 9.83. The van der Waals surface area contributed by atoms with Crippen LogP contribution in [0.4, 0.5) is 10.1 Å². The third kappa shape index (κ3) is 8.65. The number of hydrogen-bond acceptors (Lipinski definition) is 5. The Bertz CT molecular complexity index is 1660. The summed E-state index contributed by atoms with van der Waals surface area (Å²) in [5.74, 6) is -2.12. The van der Waals surface area contributed by atoms with Crippen molar-refractivity contribution in [1.82, 2.24) is 0 Å². The van der Waals surface area contributed by atoms with E-state index in [1.54, 1.807) is 12.1 Å². The molecule has 3 atom stereocenters. The molecule has 1 unspecified atom stereocenters. The molecule has 48 heavy (non-hydrogen) atoms. The van der Waals surface area contributed by atoms with Gasteiger partial charge in [-0.3, -0.25) is 9.59 Å². The van der Waals surface area contributed by atoms with Gasteiger partial charge in [-0.2, -0.15) is 4.58 Å². The van der Waals surface area contributed by atoms with Gasteiger partial charge >= 0.3 is 5.97 Å².